The molecule has 1 heterocycles. The molecule has 0 aliphatic heterocycles. The molecule has 3 nitrogen and oxygen atoms in total. The monoisotopic (exact) mass is 267 g/mol. The fourth-order valence-corrected chi connectivity index (χ4v) is 2.13. The summed E-state index contributed by atoms with van der Waals surface area (Å²) in [6, 6.07) is 13.8. The zero-order valence-electron chi connectivity index (χ0n) is 11.0. The number of hydrogen-bond acceptors (Lipinski definition) is 2. The number of nitrogens with two attached hydrogens (primary N) is 1. The van der Waals surface area contributed by atoms with Crippen molar-refractivity contribution in [3.8, 4) is 22.6 Å². The van der Waals surface area contributed by atoms with Gasteiger partial charge in [-0.2, -0.15) is 0 Å². The van der Waals surface area contributed by atoms with Gasteiger partial charge in [-0.05, 0) is 55.5 Å². The molecule has 0 saturated carbocycles. The SMILES string of the molecule is Cc1[nH]c(-c2ccc(N)cc2)nc1-c1ccc(F)cc1. The van der Waals surface area contributed by atoms with Crippen LogP contribution in [0.5, 0.6) is 0 Å². The van der Waals surface area contributed by atoms with Crippen molar-refractivity contribution in [2.24, 2.45) is 0 Å². The molecule has 4 heteroatoms. The van der Waals surface area contributed by atoms with Gasteiger partial charge in [0.15, 0.2) is 0 Å². The number of halogens is 1. The topological polar surface area (TPSA) is 54.7 Å². The van der Waals surface area contributed by atoms with E-state index in [9.17, 15) is 4.39 Å². The van der Waals surface area contributed by atoms with Crippen LogP contribution in [0.15, 0.2) is 48.5 Å². The number of nitrogens with zero attached hydrogens (tertiary/aromatic N) is 1. The third kappa shape index (κ3) is 2.28. The Morgan fingerprint density at radius 1 is 0.950 bits per heavy atom. The van der Waals surface area contributed by atoms with Gasteiger partial charge in [0.2, 0.25) is 0 Å². The Morgan fingerprint density at radius 3 is 2.20 bits per heavy atom. The van der Waals surface area contributed by atoms with Gasteiger partial charge in [0.25, 0.3) is 0 Å². The largest absolute Gasteiger partial charge is 0.399 e. The predicted molar refractivity (Wildman–Crippen MR) is 78.6 cm³/mol. The summed E-state index contributed by atoms with van der Waals surface area (Å²) < 4.78 is 13.0. The first-order chi connectivity index (χ1) is 9.63. The molecule has 100 valence electrons. The van der Waals surface area contributed by atoms with Crippen molar-refractivity contribution in [3.63, 3.8) is 0 Å². The summed E-state index contributed by atoms with van der Waals surface area (Å²) in [5.74, 6) is 0.530. The molecular formula is C16H14FN3. The molecule has 0 spiro atoms. The van der Waals surface area contributed by atoms with Crippen LogP contribution in [-0.2, 0) is 0 Å². The number of hydrogen-bond donors (Lipinski definition) is 2. The van der Waals surface area contributed by atoms with Crippen molar-refractivity contribution >= 4 is 5.69 Å². The van der Waals surface area contributed by atoms with E-state index in [4.69, 9.17) is 5.73 Å². The second-order valence-corrected chi connectivity index (χ2v) is 4.69. The van der Waals surface area contributed by atoms with E-state index in [0.717, 1.165) is 34.0 Å². The molecule has 1 aromatic heterocycles. The van der Waals surface area contributed by atoms with Gasteiger partial charge in [-0.3, -0.25) is 0 Å². The highest BCUT2D eigenvalue weighted by atomic mass is 19.1. The highest BCUT2D eigenvalue weighted by Crippen LogP contribution is 2.26. The van der Waals surface area contributed by atoms with Crippen LogP contribution in [0.2, 0.25) is 0 Å². The van der Waals surface area contributed by atoms with Crippen molar-refractivity contribution in [2.45, 2.75) is 6.92 Å². The molecule has 0 radical (unpaired) electrons. The fourth-order valence-electron chi connectivity index (χ4n) is 2.13. The van der Waals surface area contributed by atoms with Crippen LogP contribution in [0.1, 0.15) is 5.69 Å². The van der Waals surface area contributed by atoms with Gasteiger partial charge in [-0.25, -0.2) is 9.37 Å². The van der Waals surface area contributed by atoms with Crippen LogP contribution in [0.4, 0.5) is 10.1 Å². The normalized spacial score (nSPS) is 10.7. The molecule has 20 heavy (non-hydrogen) atoms. The summed E-state index contributed by atoms with van der Waals surface area (Å²) in [4.78, 5) is 7.84. The molecule has 0 amide bonds. The molecule has 3 aromatic rings. The van der Waals surface area contributed by atoms with E-state index in [1.807, 2.05) is 31.2 Å². The highest BCUT2D eigenvalue weighted by Gasteiger charge is 2.10. The Hall–Kier alpha value is -2.62. The number of imidazole rings is 1. The number of aromatic amines is 1. The van der Waals surface area contributed by atoms with E-state index in [1.165, 1.54) is 12.1 Å². The number of rotatable bonds is 2. The molecule has 0 aliphatic carbocycles. The van der Waals surface area contributed by atoms with Crippen LogP contribution < -0.4 is 5.73 Å². The minimum absolute atomic E-state index is 0.249. The van der Waals surface area contributed by atoms with Gasteiger partial charge in [0.1, 0.15) is 11.6 Å². The van der Waals surface area contributed by atoms with Crippen molar-refractivity contribution < 1.29 is 4.39 Å². The summed E-state index contributed by atoms with van der Waals surface area (Å²) in [7, 11) is 0. The van der Waals surface area contributed by atoms with Crippen molar-refractivity contribution in [3.05, 3.63) is 60.0 Å². The maximum Gasteiger partial charge on any atom is 0.138 e. The molecular weight excluding hydrogens is 253 g/mol. The Kier molecular flexibility index (Phi) is 2.99. The second-order valence-electron chi connectivity index (χ2n) is 4.69. The lowest BCUT2D eigenvalue weighted by atomic mass is 10.1. The Balaban J connectivity index is 2.02. The number of nitrogen functional groups attached to an aromatic ring is 1. The number of aryl methyl sites for hydroxylation is 1. The number of aromatic nitrogens is 2. The van der Waals surface area contributed by atoms with Crippen LogP contribution in [0, 0.1) is 12.7 Å². The van der Waals surface area contributed by atoms with E-state index < -0.39 is 0 Å². The first kappa shape index (κ1) is 12.4. The Labute approximate surface area is 116 Å². The van der Waals surface area contributed by atoms with Crippen LogP contribution in [-0.4, -0.2) is 9.97 Å². The molecule has 0 fully saturated rings. The predicted octanol–water partition coefficient (Wildman–Crippen LogP) is 3.77. The minimum Gasteiger partial charge on any atom is -0.399 e. The Bertz CT molecular complexity index is 727. The van der Waals surface area contributed by atoms with Crippen LogP contribution in [0.25, 0.3) is 22.6 Å². The average molecular weight is 267 g/mol. The van der Waals surface area contributed by atoms with E-state index in [-0.39, 0.29) is 5.82 Å². The zero-order chi connectivity index (χ0) is 14.1. The second kappa shape index (κ2) is 4.81. The average Bonchev–Trinajstić information content (AvgIpc) is 2.82. The number of nitrogens with one attached hydrogen (secondary N) is 1. The molecule has 2 aromatic carbocycles. The Morgan fingerprint density at radius 2 is 1.55 bits per heavy atom. The van der Waals surface area contributed by atoms with Crippen molar-refractivity contribution in [1.82, 2.24) is 9.97 Å². The van der Waals surface area contributed by atoms with E-state index >= 15 is 0 Å². The molecule has 0 saturated heterocycles. The third-order valence-corrected chi connectivity index (χ3v) is 3.19. The van der Waals surface area contributed by atoms with Gasteiger partial charge in [-0.1, -0.05) is 0 Å². The number of benzene rings is 2. The smallest absolute Gasteiger partial charge is 0.138 e. The first-order valence-electron chi connectivity index (χ1n) is 6.32. The van der Waals surface area contributed by atoms with Gasteiger partial charge < -0.3 is 10.7 Å². The van der Waals surface area contributed by atoms with Crippen LogP contribution in [0.3, 0.4) is 0 Å². The van der Waals surface area contributed by atoms with Crippen molar-refractivity contribution in [2.75, 3.05) is 5.73 Å². The van der Waals surface area contributed by atoms with E-state index in [0.29, 0.717) is 0 Å². The lowest BCUT2D eigenvalue weighted by Crippen LogP contribution is -1.85. The van der Waals surface area contributed by atoms with Gasteiger partial charge in [0.05, 0.1) is 5.69 Å². The summed E-state index contributed by atoms with van der Waals surface area (Å²) >= 11 is 0. The number of anilines is 1. The summed E-state index contributed by atoms with van der Waals surface area (Å²) in [6.07, 6.45) is 0. The summed E-state index contributed by atoms with van der Waals surface area (Å²) in [6.45, 7) is 1.95. The highest BCUT2D eigenvalue weighted by molar-refractivity contribution is 5.68. The number of H-pyrrole nitrogens is 1. The maximum atomic E-state index is 13.0. The summed E-state index contributed by atoms with van der Waals surface area (Å²) in [5, 5.41) is 0. The van der Waals surface area contributed by atoms with Gasteiger partial charge in [0, 0.05) is 22.5 Å². The first-order valence-corrected chi connectivity index (χ1v) is 6.32. The molecule has 0 aliphatic rings. The van der Waals surface area contributed by atoms with Gasteiger partial charge >= 0.3 is 0 Å². The van der Waals surface area contributed by atoms with E-state index in [2.05, 4.69) is 9.97 Å². The molecule has 3 N–H and O–H groups in total. The third-order valence-electron chi connectivity index (χ3n) is 3.19. The minimum atomic E-state index is -0.249. The van der Waals surface area contributed by atoms with Gasteiger partial charge in [-0.15, -0.1) is 0 Å². The quantitative estimate of drug-likeness (QED) is 0.694. The van der Waals surface area contributed by atoms with Crippen LogP contribution >= 0.6 is 0 Å². The molecule has 0 atom stereocenters. The summed E-state index contributed by atoms with van der Waals surface area (Å²) in [5.41, 5.74) is 10.0. The maximum absolute atomic E-state index is 13.0. The van der Waals surface area contributed by atoms with Crippen molar-refractivity contribution in [1.29, 1.82) is 0 Å². The lowest BCUT2D eigenvalue weighted by Gasteiger charge is -1.98. The van der Waals surface area contributed by atoms with E-state index in [1.54, 1.807) is 12.1 Å². The molecule has 3 rings (SSSR count). The lowest BCUT2D eigenvalue weighted by molar-refractivity contribution is 0.628. The standard InChI is InChI=1S/C16H14FN3/c1-10-15(11-2-6-13(17)7-3-11)20-16(19-10)12-4-8-14(18)9-5-12/h2-9H,18H2,1H3,(H,19,20). The fraction of sp³-hybridized carbons (Fsp3) is 0.0625. The molecule has 0 unspecified atom stereocenters. The molecule has 0 bridgehead atoms. The zero-order valence-corrected chi connectivity index (χ0v) is 11.0.